The second-order valence-electron chi connectivity index (χ2n) is 12.7. The second-order valence-corrected chi connectivity index (χ2v) is 12.7. The van der Waals surface area contributed by atoms with E-state index in [1.54, 1.807) is 11.1 Å². The molecule has 0 saturated carbocycles. The fraction of sp³-hybridized carbons (Fsp3) is 0.438. The lowest BCUT2D eigenvalue weighted by Crippen LogP contribution is -2.38. The molecule has 1 aliphatic carbocycles. The van der Waals surface area contributed by atoms with Gasteiger partial charge in [0.2, 0.25) is 0 Å². The summed E-state index contributed by atoms with van der Waals surface area (Å²) in [6.07, 6.45) is 2.49. The van der Waals surface area contributed by atoms with E-state index in [1.165, 1.54) is 57.8 Å². The zero-order valence-corrected chi connectivity index (χ0v) is 22.1. The van der Waals surface area contributed by atoms with Crippen LogP contribution < -0.4 is 9.80 Å². The van der Waals surface area contributed by atoms with Crippen molar-refractivity contribution in [2.24, 2.45) is 0 Å². The minimum absolute atomic E-state index is 0.0410. The molecule has 0 atom stereocenters. The molecule has 0 fully saturated rings. The standard InChI is InChI=1S/C32H38N2/c1-20-11-9-12-21(2)28(20)33-19-34-27-18-24-23(30(3,4)15-16-31(24,5)6)17-25(27)32(7,8)22-13-10-14-26(33)29(22)34/h9-14,17-18H,15-16,19H2,1-8H3. The Hall–Kier alpha value is -2.74. The predicted octanol–water partition coefficient (Wildman–Crippen LogP) is 8.54. The summed E-state index contributed by atoms with van der Waals surface area (Å²) in [4.78, 5) is 5.15. The normalized spacial score (nSPS) is 20.6. The van der Waals surface area contributed by atoms with Gasteiger partial charge in [0, 0.05) is 16.8 Å². The number of anilines is 4. The molecular formula is C32H38N2. The van der Waals surface area contributed by atoms with Crippen LogP contribution in [0.1, 0.15) is 87.8 Å². The van der Waals surface area contributed by atoms with E-state index >= 15 is 0 Å². The molecule has 34 heavy (non-hydrogen) atoms. The molecule has 2 heterocycles. The van der Waals surface area contributed by atoms with Crippen molar-refractivity contribution in [1.29, 1.82) is 0 Å². The molecule has 0 unspecified atom stereocenters. The van der Waals surface area contributed by atoms with E-state index in [9.17, 15) is 0 Å². The van der Waals surface area contributed by atoms with Crippen LogP contribution in [-0.4, -0.2) is 6.67 Å². The van der Waals surface area contributed by atoms with Gasteiger partial charge in [0.1, 0.15) is 6.67 Å². The molecule has 2 nitrogen and oxygen atoms in total. The molecule has 6 rings (SSSR count). The Labute approximate surface area is 205 Å². The molecule has 3 aliphatic rings. The molecule has 0 radical (unpaired) electrons. The first-order valence-electron chi connectivity index (χ1n) is 12.9. The summed E-state index contributed by atoms with van der Waals surface area (Å²) in [5, 5.41) is 0. The fourth-order valence-corrected chi connectivity index (χ4v) is 6.92. The van der Waals surface area contributed by atoms with Gasteiger partial charge in [-0.15, -0.1) is 0 Å². The Bertz CT molecular complexity index is 1320. The molecule has 0 N–H and O–H groups in total. The average molecular weight is 451 g/mol. The first-order chi connectivity index (χ1) is 15.9. The molecule has 2 heteroatoms. The lowest BCUT2D eigenvalue weighted by Gasteiger charge is -2.46. The maximum Gasteiger partial charge on any atom is 0.100 e. The predicted molar refractivity (Wildman–Crippen MR) is 145 cm³/mol. The van der Waals surface area contributed by atoms with Crippen molar-refractivity contribution in [3.05, 3.63) is 81.9 Å². The van der Waals surface area contributed by atoms with E-state index < -0.39 is 0 Å². The number of hydrogen-bond donors (Lipinski definition) is 0. The Morgan fingerprint density at radius 1 is 0.588 bits per heavy atom. The summed E-state index contributed by atoms with van der Waals surface area (Å²) in [6, 6.07) is 18.8. The molecule has 2 aliphatic heterocycles. The first-order valence-corrected chi connectivity index (χ1v) is 12.9. The van der Waals surface area contributed by atoms with E-state index in [-0.39, 0.29) is 16.2 Å². The third kappa shape index (κ3) is 2.75. The van der Waals surface area contributed by atoms with E-state index in [0.717, 1.165) is 6.67 Å². The van der Waals surface area contributed by atoms with Crippen LogP contribution in [0.5, 0.6) is 0 Å². The largest absolute Gasteiger partial charge is 0.320 e. The highest BCUT2D eigenvalue weighted by Gasteiger charge is 2.45. The van der Waals surface area contributed by atoms with Crippen molar-refractivity contribution >= 4 is 22.7 Å². The van der Waals surface area contributed by atoms with E-state index in [1.807, 2.05) is 0 Å². The van der Waals surface area contributed by atoms with Crippen LogP contribution in [0, 0.1) is 13.8 Å². The van der Waals surface area contributed by atoms with Gasteiger partial charge in [-0.3, -0.25) is 0 Å². The highest BCUT2D eigenvalue weighted by Crippen LogP contribution is 2.59. The summed E-state index contributed by atoms with van der Waals surface area (Å²) < 4.78 is 0. The summed E-state index contributed by atoms with van der Waals surface area (Å²) in [7, 11) is 0. The lowest BCUT2D eigenvalue weighted by atomic mass is 9.61. The zero-order valence-electron chi connectivity index (χ0n) is 22.1. The number of rotatable bonds is 1. The monoisotopic (exact) mass is 450 g/mol. The molecule has 0 amide bonds. The molecule has 0 spiro atoms. The first kappa shape index (κ1) is 21.8. The van der Waals surface area contributed by atoms with Crippen LogP contribution in [0.3, 0.4) is 0 Å². The number of para-hydroxylation sites is 2. The van der Waals surface area contributed by atoms with Crippen molar-refractivity contribution in [2.45, 2.75) is 84.5 Å². The smallest absolute Gasteiger partial charge is 0.100 e. The maximum absolute atomic E-state index is 2.61. The highest BCUT2D eigenvalue weighted by molar-refractivity contribution is 5.94. The van der Waals surface area contributed by atoms with Gasteiger partial charge in [-0.1, -0.05) is 77.9 Å². The summed E-state index contributed by atoms with van der Waals surface area (Å²) in [5.74, 6) is 0. The van der Waals surface area contributed by atoms with Crippen molar-refractivity contribution < 1.29 is 0 Å². The highest BCUT2D eigenvalue weighted by atomic mass is 15.4. The Kier molecular flexibility index (Phi) is 4.28. The topological polar surface area (TPSA) is 6.48 Å². The third-order valence-corrected chi connectivity index (χ3v) is 9.17. The van der Waals surface area contributed by atoms with Gasteiger partial charge in [-0.25, -0.2) is 0 Å². The number of fused-ring (bicyclic) bond motifs is 3. The number of nitrogens with zero attached hydrogens (tertiary/aromatic N) is 2. The maximum atomic E-state index is 2.61. The van der Waals surface area contributed by atoms with Gasteiger partial charge in [-0.2, -0.15) is 0 Å². The van der Waals surface area contributed by atoms with Crippen molar-refractivity contribution in [1.82, 2.24) is 0 Å². The molecule has 176 valence electrons. The van der Waals surface area contributed by atoms with Crippen LogP contribution in [0.4, 0.5) is 22.7 Å². The van der Waals surface area contributed by atoms with E-state index in [2.05, 4.69) is 114 Å². The number of benzene rings is 3. The molecular weight excluding hydrogens is 412 g/mol. The third-order valence-electron chi connectivity index (χ3n) is 9.17. The molecule has 0 bridgehead atoms. The Morgan fingerprint density at radius 3 is 1.79 bits per heavy atom. The summed E-state index contributed by atoms with van der Waals surface area (Å²) >= 11 is 0. The van der Waals surface area contributed by atoms with Gasteiger partial charge >= 0.3 is 0 Å². The van der Waals surface area contributed by atoms with Gasteiger partial charge in [0.25, 0.3) is 0 Å². The van der Waals surface area contributed by atoms with Gasteiger partial charge in [-0.05, 0) is 83.0 Å². The molecule has 0 saturated heterocycles. The molecule has 3 aromatic rings. The quantitative estimate of drug-likeness (QED) is 0.366. The van der Waals surface area contributed by atoms with Gasteiger partial charge in [0.15, 0.2) is 0 Å². The van der Waals surface area contributed by atoms with Crippen LogP contribution in [0.25, 0.3) is 0 Å². The number of aryl methyl sites for hydroxylation is 2. The fourth-order valence-electron chi connectivity index (χ4n) is 6.92. The summed E-state index contributed by atoms with van der Waals surface area (Å²) in [5.41, 5.74) is 14.6. The lowest BCUT2D eigenvalue weighted by molar-refractivity contribution is 0.331. The SMILES string of the molecule is Cc1cccc(C)c1N1CN2c3cc4c(cc3C(C)(C)c3cccc1c32)C(C)(C)CCC4(C)C. The minimum Gasteiger partial charge on any atom is -0.320 e. The van der Waals surface area contributed by atoms with E-state index in [4.69, 9.17) is 0 Å². The zero-order chi connectivity index (χ0) is 24.2. The second kappa shape index (κ2) is 6.68. The van der Waals surface area contributed by atoms with E-state index in [0.29, 0.717) is 0 Å². The van der Waals surface area contributed by atoms with Crippen LogP contribution >= 0.6 is 0 Å². The summed E-state index contributed by atoms with van der Waals surface area (Å²) in [6.45, 7) is 20.0. The number of hydrogen-bond acceptors (Lipinski definition) is 2. The van der Waals surface area contributed by atoms with Crippen LogP contribution in [0.2, 0.25) is 0 Å². The van der Waals surface area contributed by atoms with Crippen molar-refractivity contribution in [2.75, 3.05) is 16.5 Å². The Balaban J connectivity index is 1.62. The van der Waals surface area contributed by atoms with Gasteiger partial charge in [0.05, 0.1) is 11.4 Å². The molecule has 3 aromatic carbocycles. The average Bonchev–Trinajstić information content (AvgIpc) is 3.15. The van der Waals surface area contributed by atoms with Gasteiger partial charge < -0.3 is 9.80 Å². The van der Waals surface area contributed by atoms with Crippen molar-refractivity contribution in [3.8, 4) is 0 Å². The van der Waals surface area contributed by atoms with Crippen LogP contribution in [-0.2, 0) is 16.2 Å². The molecule has 0 aromatic heterocycles. The Morgan fingerprint density at radius 2 is 1.15 bits per heavy atom. The van der Waals surface area contributed by atoms with Crippen molar-refractivity contribution in [3.63, 3.8) is 0 Å². The minimum atomic E-state index is -0.0410. The van der Waals surface area contributed by atoms with Crippen LogP contribution in [0.15, 0.2) is 48.5 Å².